The number of hydrogen-bond donors (Lipinski definition) is 4. The summed E-state index contributed by atoms with van der Waals surface area (Å²) in [6.07, 6.45) is 5.38. The van der Waals surface area contributed by atoms with Crippen LogP contribution in [-0.4, -0.2) is 56.0 Å². The van der Waals surface area contributed by atoms with Crippen molar-refractivity contribution in [2.75, 3.05) is 14.1 Å². The maximum Gasteiger partial charge on any atom is 0.408 e. The van der Waals surface area contributed by atoms with E-state index in [1.807, 2.05) is 0 Å². The molecule has 30 heavy (non-hydrogen) atoms. The minimum atomic E-state index is -0.635. The topological polar surface area (TPSA) is 140 Å². The Morgan fingerprint density at radius 3 is 1.93 bits per heavy atom. The summed E-state index contributed by atoms with van der Waals surface area (Å²) < 4.78 is 5.07. The van der Waals surface area contributed by atoms with Crippen LogP contribution in [0.5, 0.6) is 0 Å². The summed E-state index contributed by atoms with van der Waals surface area (Å²) in [5, 5.41) is 7.81. The Hall–Kier alpha value is -2.94. The van der Waals surface area contributed by atoms with Crippen molar-refractivity contribution in [3.8, 4) is 0 Å². The highest BCUT2D eigenvalue weighted by Crippen LogP contribution is 2.09. The molecule has 0 saturated carbocycles. The average molecular weight is 427 g/mol. The molecule has 0 saturated heterocycles. The van der Waals surface area contributed by atoms with E-state index in [9.17, 15) is 19.2 Å². The number of primary amides is 1. The van der Waals surface area contributed by atoms with Crippen LogP contribution >= 0.6 is 0 Å². The zero-order valence-electron chi connectivity index (χ0n) is 19.2. The third-order valence-electron chi connectivity index (χ3n) is 2.99. The van der Waals surface area contributed by atoms with Crippen molar-refractivity contribution in [1.29, 1.82) is 0 Å². The van der Waals surface area contributed by atoms with Gasteiger partial charge >= 0.3 is 6.09 Å². The minimum absolute atomic E-state index is 0.0208. The lowest BCUT2D eigenvalue weighted by Gasteiger charge is -2.21. The molecular weight excluding hydrogens is 388 g/mol. The predicted molar refractivity (Wildman–Crippen MR) is 120 cm³/mol. The summed E-state index contributed by atoms with van der Waals surface area (Å²) >= 11 is 0. The third-order valence-corrected chi connectivity index (χ3v) is 2.99. The lowest BCUT2D eigenvalue weighted by Crippen LogP contribution is -2.40. The van der Waals surface area contributed by atoms with Gasteiger partial charge in [0.15, 0.2) is 0 Å². The SMILES string of the molecule is C=C/C=C(\C=C)CC(C=O)NC(=O)OC(C)(C)C.CC(N)=O.CNC(=O)C(C)NC. The van der Waals surface area contributed by atoms with Gasteiger partial charge in [0.2, 0.25) is 11.8 Å². The van der Waals surface area contributed by atoms with E-state index in [-0.39, 0.29) is 17.9 Å². The molecule has 5 N–H and O–H groups in total. The Labute approximate surface area is 180 Å². The van der Waals surface area contributed by atoms with Gasteiger partial charge in [-0.1, -0.05) is 31.4 Å². The second-order valence-electron chi connectivity index (χ2n) is 7.01. The van der Waals surface area contributed by atoms with E-state index in [0.29, 0.717) is 12.7 Å². The first-order chi connectivity index (χ1) is 13.8. The molecule has 9 nitrogen and oxygen atoms in total. The maximum absolute atomic E-state index is 11.5. The molecule has 0 aliphatic heterocycles. The molecule has 3 amide bonds. The molecular formula is C21H38N4O5. The van der Waals surface area contributed by atoms with Crippen molar-refractivity contribution in [1.82, 2.24) is 16.0 Å². The highest BCUT2D eigenvalue weighted by Gasteiger charge is 2.19. The van der Waals surface area contributed by atoms with Gasteiger partial charge < -0.3 is 31.2 Å². The second-order valence-corrected chi connectivity index (χ2v) is 7.01. The van der Waals surface area contributed by atoms with Crippen molar-refractivity contribution in [3.63, 3.8) is 0 Å². The summed E-state index contributed by atoms with van der Waals surface area (Å²) in [5.74, 6) is -0.312. The number of carbonyl (C=O) groups excluding carboxylic acids is 4. The molecule has 2 unspecified atom stereocenters. The summed E-state index contributed by atoms with van der Waals surface area (Å²) in [5.41, 5.74) is 4.70. The van der Waals surface area contributed by atoms with Gasteiger partial charge in [-0.25, -0.2) is 4.79 Å². The van der Waals surface area contributed by atoms with E-state index in [1.54, 1.807) is 60.0 Å². The van der Waals surface area contributed by atoms with Crippen molar-refractivity contribution in [3.05, 3.63) is 37.0 Å². The van der Waals surface area contributed by atoms with Crippen LogP contribution in [-0.2, 0) is 19.1 Å². The van der Waals surface area contributed by atoms with Crippen LogP contribution in [0.25, 0.3) is 0 Å². The van der Waals surface area contributed by atoms with Crippen LogP contribution in [0.15, 0.2) is 37.0 Å². The Kier molecular flexibility index (Phi) is 19.2. The number of nitrogens with one attached hydrogen (secondary N) is 3. The predicted octanol–water partition coefficient (Wildman–Crippen LogP) is 1.60. The number of ether oxygens (including phenoxy) is 1. The number of alkyl carbamates (subject to hydrolysis) is 1. The monoisotopic (exact) mass is 426 g/mol. The first kappa shape index (κ1) is 31.7. The standard InChI is InChI=1S/C14H21NO3.C5H12N2O.C2H5NO/c1-6-8-11(7-2)9-12(10-16)15-13(17)18-14(3,4)5;1-4(6-2)5(8)7-3;1-2(3)4/h6-8,10,12H,1-2,9H2,3-5H3,(H,15,17);4,6H,1-3H3,(H,7,8);1H3,(H2,3,4)/b11-8+;;. The summed E-state index contributed by atoms with van der Waals surface area (Å²) in [4.78, 5) is 42.2. The van der Waals surface area contributed by atoms with Crippen LogP contribution in [0, 0.1) is 0 Å². The van der Waals surface area contributed by atoms with E-state index < -0.39 is 17.7 Å². The molecule has 0 fully saturated rings. The average Bonchev–Trinajstić information content (AvgIpc) is 2.64. The summed E-state index contributed by atoms with van der Waals surface area (Å²) in [6, 6.07) is -0.718. The van der Waals surface area contributed by atoms with E-state index in [0.717, 1.165) is 5.57 Å². The molecule has 0 spiro atoms. The molecule has 0 aliphatic carbocycles. The molecule has 0 radical (unpaired) electrons. The number of nitrogens with two attached hydrogens (primary N) is 1. The number of likely N-dealkylation sites (N-methyl/N-ethyl adjacent to an activating group) is 2. The Balaban J connectivity index is -0.000000500. The van der Waals surface area contributed by atoms with E-state index >= 15 is 0 Å². The number of allylic oxidation sites excluding steroid dienone is 3. The number of carbonyl (C=O) groups is 4. The highest BCUT2D eigenvalue weighted by molar-refractivity contribution is 5.80. The van der Waals surface area contributed by atoms with Crippen LogP contribution in [0.2, 0.25) is 0 Å². The van der Waals surface area contributed by atoms with Crippen LogP contribution in [0.1, 0.15) is 41.0 Å². The zero-order valence-corrected chi connectivity index (χ0v) is 19.2. The molecule has 0 aromatic rings. The Morgan fingerprint density at radius 1 is 1.17 bits per heavy atom. The fourth-order valence-corrected chi connectivity index (χ4v) is 1.56. The zero-order chi connectivity index (χ0) is 24.3. The lowest BCUT2D eigenvalue weighted by atomic mass is 10.1. The molecule has 0 heterocycles. The van der Waals surface area contributed by atoms with Crippen LogP contribution in [0.4, 0.5) is 4.79 Å². The summed E-state index contributed by atoms with van der Waals surface area (Å²) in [6.45, 7) is 15.6. The van der Waals surface area contributed by atoms with Crippen molar-refractivity contribution in [2.24, 2.45) is 5.73 Å². The Bertz CT molecular complexity index is 591. The first-order valence-electron chi connectivity index (χ1n) is 9.31. The van der Waals surface area contributed by atoms with Gasteiger partial charge in [-0.2, -0.15) is 0 Å². The van der Waals surface area contributed by atoms with E-state index in [2.05, 4.69) is 34.8 Å². The number of aldehydes is 1. The van der Waals surface area contributed by atoms with E-state index in [1.165, 1.54) is 6.92 Å². The fourth-order valence-electron chi connectivity index (χ4n) is 1.56. The van der Waals surface area contributed by atoms with E-state index in [4.69, 9.17) is 4.74 Å². The van der Waals surface area contributed by atoms with Gasteiger partial charge in [0.25, 0.3) is 0 Å². The van der Waals surface area contributed by atoms with Gasteiger partial charge in [0.05, 0.1) is 12.1 Å². The third kappa shape index (κ3) is 23.1. The number of amides is 3. The van der Waals surface area contributed by atoms with Crippen molar-refractivity contribution < 1.29 is 23.9 Å². The lowest BCUT2D eigenvalue weighted by molar-refractivity contribution is -0.122. The van der Waals surface area contributed by atoms with Gasteiger partial charge in [-0.05, 0) is 46.7 Å². The molecule has 0 bridgehead atoms. The largest absolute Gasteiger partial charge is 0.444 e. The molecule has 0 aromatic heterocycles. The Morgan fingerprint density at radius 2 is 1.67 bits per heavy atom. The van der Waals surface area contributed by atoms with Crippen LogP contribution < -0.4 is 21.7 Å². The normalized spacial score (nSPS) is 12.3. The molecule has 172 valence electrons. The molecule has 9 heteroatoms. The molecule has 0 aliphatic rings. The van der Waals surface area contributed by atoms with Crippen molar-refractivity contribution in [2.45, 2.75) is 58.7 Å². The van der Waals surface area contributed by atoms with Crippen LogP contribution in [0.3, 0.4) is 0 Å². The second kappa shape index (κ2) is 18.1. The number of hydrogen-bond acceptors (Lipinski definition) is 6. The fraction of sp³-hybridized carbons (Fsp3) is 0.524. The van der Waals surface area contributed by atoms with Crippen molar-refractivity contribution >= 4 is 24.2 Å². The minimum Gasteiger partial charge on any atom is -0.444 e. The first-order valence-corrected chi connectivity index (χ1v) is 9.31. The van der Waals surface area contributed by atoms with Gasteiger partial charge in [0, 0.05) is 14.0 Å². The van der Waals surface area contributed by atoms with Gasteiger partial charge in [0.1, 0.15) is 11.9 Å². The maximum atomic E-state index is 11.5. The highest BCUT2D eigenvalue weighted by atomic mass is 16.6. The molecule has 2 atom stereocenters. The quantitative estimate of drug-likeness (QED) is 0.343. The molecule has 0 rings (SSSR count). The smallest absolute Gasteiger partial charge is 0.408 e. The number of rotatable bonds is 8. The van der Waals surface area contributed by atoms with Gasteiger partial charge in [-0.15, -0.1) is 0 Å². The van der Waals surface area contributed by atoms with Gasteiger partial charge in [-0.3, -0.25) is 9.59 Å². The molecule has 0 aromatic carbocycles. The summed E-state index contributed by atoms with van der Waals surface area (Å²) in [7, 11) is 3.37.